The number of piperidine rings is 1. The quantitative estimate of drug-likeness (QED) is 0.797. The first-order valence-electron chi connectivity index (χ1n) is 7.36. The van der Waals surface area contributed by atoms with Gasteiger partial charge in [-0.1, -0.05) is 6.42 Å². The van der Waals surface area contributed by atoms with E-state index in [9.17, 15) is 4.79 Å². The molecule has 102 valence electrons. The lowest BCUT2D eigenvalue weighted by molar-refractivity contribution is -0.140. The normalized spacial score (nSPS) is 39.9. The lowest BCUT2D eigenvalue weighted by atomic mass is 9.90. The van der Waals surface area contributed by atoms with Crippen molar-refractivity contribution in [2.75, 3.05) is 26.8 Å². The predicted molar refractivity (Wildman–Crippen MR) is 69.2 cm³/mol. The highest BCUT2D eigenvalue weighted by Crippen LogP contribution is 2.37. The number of likely N-dealkylation sites (N-methyl/N-ethyl adjacent to an activating group) is 1. The first-order valence-corrected chi connectivity index (χ1v) is 7.36. The third kappa shape index (κ3) is 2.05. The fourth-order valence-corrected chi connectivity index (χ4v) is 4.02. The Morgan fingerprint density at radius 2 is 2.06 bits per heavy atom. The molecule has 1 amide bonds. The van der Waals surface area contributed by atoms with E-state index in [0.29, 0.717) is 25.2 Å². The maximum atomic E-state index is 12.7. The van der Waals surface area contributed by atoms with E-state index < -0.39 is 0 Å². The van der Waals surface area contributed by atoms with Crippen LogP contribution in [0.1, 0.15) is 32.1 Å². The van der Waals surface area contributed by atoms with Crippen LogP contribution in [0.3, 0.4) is 0 Å². The summed E-state index contributed by atoms with van der Waals surface area (Å²) in [6.45, 7) is 2.24. The van der Waals surface area contributed by atoms with E-state index >= 15 is 0 Å². The summed E-state index contributed by atoms with van der Waals surface area (Å²) in [5, 5.41) is 3.22. The fourth-order valence-electron chi connectivity index (χ4n) is 4.02. The summed E-state index contributed by atoms with van der Waals surface area (Å²) in [5.74, 6) is 1.15. The number of nitrogens with zero attached hydrogens (tertiary/aromatic N) is 1. The van der Waals surface area contributed by atoms with Crippen molar-refractivity contribution in [2.45, 2.75) is 44.2 Å². The summed E-state index contributed by atoms with van der Waals surface area (Å²) >= 11 is 0. The lowest BCUT2D eigenvalue weighted by Gasteiger charge is -2.39. The van der Waals surface area contributed by atoms with Crippen LogP contribution in [-0.2, 0) is 9.53 Å². The Kier molecular flexibility index (Phi) is 3.57. The molecule has 1 saturated carbocycles. The van der Waals surface area contributed by atoms with Crippen molar-refractivity contribution in [1.82, 2.24) is 10.2 Å². The highest BCUT2D eigenvalue weighted by atomic mass is 16.5. The van der Waals surface area contributed by atoms with Crippen LogP contribution in [0.4, 0.5) is 0 Å². The second-order valence-corrected chi connectivity index (χ2v) is 5.97. The van der Waals surface area contributed by atoms with Crippen LogP contribution in [0, 0.1) is 11.8 Å². The molecule has 4 nitrogen and oxygen atoms in total. The molecule has 2 heterocycles. The monoisotopic (exact) mass is 252 g/mol. The number of fused-ring (bicyclic) bond motifs is 1. The molecule has 0 aromatic carbocycles. The summed E-state index contributed by atoms with van der Waals surface area (Å²) in [6.07, 6.45) is 6.35. The van der Waals surface area contributed by atoms with Gasteiger partial charge in [0.15, 0.2) is 0 Å². The van der Waals surface area contributed by atoms with Gasteiger partial charge in [0.2, 0.25) is 5.91 Å². The zero-order valence-electron chi connectivity index (χ0n) is 11.2. The summed E-state index contributed by atoms with van der Waals surface area (Å²) in [4.78, 5) is 14.9. The van der Waals surface area contributed by atoms with Crippen LogP contribution >= 0.6 is 0 Å². The lowest BCUT2D eigenvalue weighted by Crippen LogP contribution is -2.52. The van der Waals surface area contributed by atoms with Gasteiger partial charge in [-0.2, -0.15) is 0 Å². The van der Waals surface area contributed by atoms with Crippen molar-refractivity contribution in [3.8, 4) is 0 Å². The molecule has 4 unspecified atom stereocenters. The maximum Gasteiger partial charge on any atom is 0.229 e. The number of hydrogen-bond donors (Lipinski definition) is 1. The minimum Gasteiger partial charge on any atom is -0.379 e. The largest absolute Gasteiger partial charge is 0.379 e. The SMILES string of the molecule is CNC1COCC1C(=O)N1CCCC2CCCC21. The average molecular weight is 252 g/mol. The highest BCUT2D eigenvalue weighted by Gasteiger charge is 2.42. The van der Waals surface area contributed by atoms with Crippen molar-refractivity contribution < 1.29 is 9.53 Å². The molecule has 2 saturated heterocycles. The molecule has 0 aromatic heterocycles. The number of rotatable bonds is 2. The average Bonchev–Trinajstić information content (AvgIpc) is 3.05. The molecule has 2 aliphatic heterocycles. The third-order valence-corrected chi connectivity index (χ3v) is 5.04. The van der Waals surface area contributed by atoms with E-state index in [1.165, 1.54) is 32.1 Å². The molecule has 1 N–H and O–H groups in total. The van der Waals surface area contributed by atoms with Crippen LogP contribution in [0.15, 0.2) is 0 Å². The van der Waals surface area contributed by atoms with Crippen LogP contribution < -0.4 is 5.32 Å². The molecule has 4 atom stereocenters. The number of likely N-dealkylation sites (tertiary alicyclic amines) is 1. The van der Waals surface area contributed by atoms with E-state index in [-0.39, 0.29) is 12.0 Å². The van der Waals surface area contributed by atoms with Crippen molar-refractivity contribution >= 4 is 5.91 Å². The standard InChI is InChI=1S/C14H24N2O2/c1-15-12-9-18-8-11(12)14(17)16-7-3-5-10-4-2-6-13(10)16/h10-13,15H,2-9H2,1H3. The maximum absolute atomic E-state index is 12.7. The number of hydrogen-bond acceptors (Lipinski definition) is 3. The van der Waals surface area contributed by atoms with Gasteiger partial charge in [-0.25, -0.2) is 0 Å². The molecular formula is C14H24N2O2. The van der Waals surface area contributed by atoms with E-state index in [1.54, 1.807) is 0 Å². The first-order chi connectivity index (χ1) is 8.81. The summed E-state index contributed by atoms with van der Waals surface area (Å²) in [7, 11) is 1.92. The molecule has 3 rings (SSSR count). The molecule has 1 aliphatic carbocycles. The summed E-state index contributed by atoms with van der Waals surface area (Å²) < 4.78 is 5.47. The van der Waals surface area contributed by atoms with E-state index in [0.717, 1.165) is 12.5 Å². The van der Waals surface area contributed by atoms with Gasteiger partial charge in [0.1, 0.15) is 0 Å². The van der Waals surface area contributed by atoms with Gasteiger partial charge in [0.05, 0.1) is 19.1 Å². The van der Waals surface area contributed by atoms with E-state index in [2.05, 4.69) is 10.2 Å². The number of carbonyl (C=O) groups excluding carboxylic acids is 1. The van der Waals surface area contributed by atoms with Crippen molar-refractivity contribution in [3.63, 3.8) is 0 Å². The first kappa shape index (κ1) is 12.4. The molecular weight excluding hydrogens is 228 g/mol. The van der Waals surface area contributed by atoms with Crippen LogP contribution in [0.2, 0.25) is 0 Å². The van der Waals surface area contributed by atoms with Crippen LogP contribution in [-0.4, -0.2) is 49.7 Å². The smallest absolute Gasteiger partial charge is 0.229 e. The topological polar surface area (TPSA) is 41.6 Å². The van der Waals surface area contributed by atoms with Gasteiger partial charge in [-0.15, -0.1) is 0 Å². The molecule has 0 spiro atoms. The Morgan fingerprint density at radius 3 is 2.89 bits per heavy atom. The van der Waals surface area contributed by atoms with Crippen LogP contribution in [0.5, 0.6) is 0 Å². The van der Waals surface area contributed by atoms with Gasteiger partial charge >= 0.3 is 0 Å². The zero-order chi connectivity index (χ0) is 12.5. The van der Waals surface area contributed by atoms with Gasteiger partial charge in [0, 0.05) is 18.6 Å². The van der Waals surface area contributed by atoms with Gasteiger partial charge in [-0.3, -0.25) is 4.79 Å². The molecule has 3 aliphatic rings. The number of carbonyl (C=O) groups is 1. The minimum absolute atomic E-state index is 0.0364. The molecule has 0 bridgehead atoms. The predicted octanol–water partition coefficient (Wildman–Crippen LogP) is 1.01. The number of amides is 1. The fraction of sp³-hybridized carbons (Fsp3) is 0.929. The van der Waals surface area contributed by atoms with Gasteiger partial charge < -0.3 is 15.0 Å². The van der Waals surface area contributed by atoms with Crippen molar-refractivity contribution in [2.24, 2.45) is 11.8 Å². The third-order valence-electron chi connectivity index (χ3n) is 5.04. The Balaban J connectivity index is 1.71. The van der Waals surface area contributed by atoms with Crippen molar-refractivity contribution in [3.05, 3.63) is 0 Å². The second kappa shape index (κ2) is 5.17. The summed E-state index contributed by atoms with van der Waals surface area (Å²) in [5.41, 5.74) is 0. The second-order valence-electron chi connectivity index (χ2n) is 5.97. The molecule has 18 heavy (non-hydrogen) atoms. The highest BCUT2D eigenvalue weighted by molar-refractivity contribution is 5.80. The van der Waals surface area contributed by atoms with Crippen molar-refractivity contribution in [1.29, 1.82) is 0 Å². The van der Waals surface area contributed by atoms with Gasteiger partial charge in [-0.05, 0) is 38.6 Å². The molecule has 0 radical (unpaired) electrons. The number of nitrogens with one attached hydrogen (secondary N) is 1. The Labute approximate surface area is 109 Å². The molecule has 4 heteroatoms. The Hall–Kier alpha value is -0.610. The summed E-state index contributed by atoms with van der Waals surface area (Å²) in [6, 6.07) is 0.739. The van der Waals surface area contributed by atoms with E-state index in [1.807, 2.05) is 7.05 Å². The van der Waals surface area contributed by atoms with E-state index in [4.69, 9.17) is 4.74 Å². The zero-order valence-corrected chi connectivity index (χ0v) is 11.2. The Bertz CT molecular complexity index is 321. The minimum atomic E-state index is 0.0364. The van der Waals surface area contributed by atoms with Gasteiger partial charge in [0.25, 0.3) is 0 Å². The van der Waals surface area contributed by atoms with Crippen LogP contribution in [0.25, 0.3) is 0 Å². The molecule has 3 fully saturated rings. The Morgan fingerprint density at radius 1 is 1.22 bits per heavy atom. The molecule has 0 aromatic rings. The number of ether oxygens (including phenoxy) is 1.